The largest absolute Gasteiger partial charge is 0.291 e. The Kier molecular flexibility index (Phi) is 3.30. The summed E-state index contributed by atoms with van der Waals surface area (Å²) in [5.74, 6) is 0. The average Bonchev–Trinajstić information content (AvgIpc) is 2.90. The van der Waals surface area contributed by atoms with Crippen LogP contribution >= 0.6 is 11.8 Å². The van der Waals surface area contributed by atoms with Crippen LogP contribution in [0.4, 0.5) is 0 Å². The molecule has 0 bridgehead atoms. The van der Waals surface area contributed by atoms with E-state index in [4.69, 9.17) is 0 Å². The fourth-order valence-corrected chi connectivity index (χ4v) is 2.99. The maximum Gasteiger partial charge on any atom is 0.126 e. The van der Waals surface area contributed by atoms with Gasteiger partial charge in [0.05, 0.1) is 0 Å². The number of nitrogens with zero attached hydrogens (tertiary/aromatic N) is 1. The molecule has 2 nitrogen and oxygen atoms in total. The predicted octanol–water partition coefficient (Wildman–Crippen LogP) is 4.00. The summed E-state index contributed by atoms with van der Waals surface area (Å²) in [5.41, 5.74) is 8.21. The molecule has 2 aromatic carbocycles. The Morgan fingerprint density at radius 3 is 2.11 bits per heavy atom. The third-order valence-electron chi connectivity index (χ3n) is 3.19. The van der Waals surface area contributed by atoms with Crippen molar-refractivity contribution in [1.29, 1.82) is 0 Å². The lowest BCUT2D eigenvalue weighted by Gasteiger charge is -2.09. The van der Waals surface area contributed by atoms with Crippen LogP contribution in [0.5, 0.6) is 0 Å². The second kappa shape index (κ2) is 5.10. The van der Waals surface area contributed by atoms with Gasteiger partial charge in [-0.15, -0.1) is 0 Å². The number of aryl methyl sites for hydroxylation is 2. The molecule has 0 spiro atoms. The van der Waals surface area contributed by atoms with E-state index in [1.165, 1.54) is 22.3 Å². The SMILES string of the molecule is Cc1ccc(C2=NNC(c3ccc(C)cc3)S2)cc1. The van der Waals surface area contributed by atoms with Crippen LogP contribution < -0.4 is 5.43 Å². The molecule has 19 heavy (non-hydrogen) atoms. The monoisotopic (exact) mass is 268 g/mol. The molecule has 1 unspecified atom stereocenters. The minimum Gasteiger partial charge on any atom is -0.291 e. The molecule has 0 radical (unpaired) electrons. The Labute approximate surface area is 117 Å². The second-order valence-corrected chi connectivity index (χ2v) is 5.91. The summed E-state index contributed by atoms with van der Waals surface area (Å²) < 4.78 is 0. The molecule has 0 saturated carbocycles. The number of benzene rings is 2. The quantitative estimate of drug-likeness (QED) is 0.890. The molecule has 96 valence electrons. The Morgan fingerprint density at radius 1 is 0.895 bits per heavy atom. The first-order chi connectivity index (χ1) is 9.22. The van der Waals surface area contributed by atoms with Crippen molar-refractivity contribution in [3.63, 3.8) is 0 Å². The van der Waals surface area contributed by atoms with Crippen LogP contribution in [0.1, 0.15) is 27.6 Å². The van der Waals surface area contributed by atoms with E-state index in [1.807, 2.05) is 0 Å². The zero-order valence-corrected chi connectivity index (χ0v) is 11.9. The molecule has 1 aliphatic heterocycles. The van der Waals surface area contributed by atoms with Gasteiger partial charge in [0.2, 0.25) is 0 Å². The van der Waals surface area contributed by atoms with Gasteiger partial charge in [0.25, 0.3) is 0 Å². The van der Waals surface area contributed by atoms with Crippen LogP contribution in [0.3, 0.4) is 0 Å². The standard InChI is InChI=1S/C16H16N2S/c1-11-3-7-13(8-4-11)15-17-18-16(19-15)14-9-5-12(2)6-10-14/h3-10,15,17H,1-2H3. The molecule has 0 aliphatic carbocycles. The van der Waals surface area contributed by atoms with Gasteiger partial charge >= 0.3 is 0 Å². The fraction of sp³-hybridized carbons (Fsp3) is 0.188. The van der Waals surface area contributed by atoms with Crippen LogP contribution in [0.15, 0.2) is 53.6 Å². The first kappa shape index (κ1) is 12.3. The molecule has 0 fully saturated rings. The molecule has 2 aromatic rings. The molecular formula is C16H16N2S. The highest BCUT2D eigenvalue weighted by molar-refractivity contribution is 8.14. The van der Waals surface area contributed by atoms with Gasteiger partial charge in [-0.1, -0.05) is 71.4 Å². The number of hydrogen-bond donors (Lipinski definition) is 1. The first-order valence-corrected chi connectivity index (χ1v) is 7.24. The summed E-state index contributed by atoms with van der Waals surface area (Å²) in [6.07, 6.45) is 0. The van der Waals surface area contributed by atoms with Gasteiger partial charge in [-0.2, -0.15) is 5.10 Å². The molecule has 1 heterocycles. The van der Waals surface area contributed by atoms with E-state index in [-0.39, 0.29) is 5.37 Å². The van der Waals surface area contributed by atoms with Gasteiger partial charge in [-0.25, -0.2) is 0 Å². The van der Waals surface area contributed by atoms with Crippen LogP contribution in [0.2, 0.25) is 0 Å². The lowest BCUT2D eigenvalue weighted by molar-refractivity contribution is 0.743. The molecular weight excluding hydrogens is 252 g/mol. The lowest BCUT2D eigenvalue weighted by atomic mass is 10.1. The molecule has 3 heteroatoms. The Bertz CT molecular complexity index is 600. The number of hydrogen-bond acceptors (Lipinski definition) is 3. The fourth-order valence-electron chi connectivity index (χ4n) is 1.99. The van der Waals surface area contributed by atoms with Crippen molar-refractivity contribution >= 4 is 16.8 Å². The van der Waals surface area contributed by atoms with E-state index >= 15 is 0 Å². The van der Waals surface area contributed by atoms with Crippen molar-refractivity contribution in [2.45, 2.75) is 19.2 Å². The maximum absolute atomic E-state index is 4.45. The highest BCUT2D eigenvalue weighted by atomic mass is 32.2. The normalized spacial score (nSPS) is 18.0. The van der Waals surface area contributed by atoms with Crippen LogP contribution in [-0.4, -0.2) is 5.04 Å². The third-order valence-corrected chi connectivity index (χ3v) is 4.35. The van der Waals surface area contributed by atoms with Crippen molar-refractivity contribution in [3.8, 4) is 0 Å². The number of rotatable bonds is 2. The van der Waals surface area contributed by atoms with E-state index in [0.29, 0.717) is 0 Å². The number of nitrogens with one attached hydrogen (secondary N) is 1. The van der Waals surface area contributed by atoms with Crippen molar-refractivity contribution in [3.05, 3.63) is 70.8 Å². The number of hydrazone groups is 1. The van der Waals surface area contributed by atoms with Gasteiger partial charge < -0.3 is 0 Å². The zero-order valence-electron chi connectivity index (χ0n) is 11.1. The maximum atomic E-state index is 4.45. The van der Waals surface area contributed by atoms with Crippen molar-refractivity contribution < 1.29 is 0 Å². The van der Waals surface area contributed by atoms with E-state index in [1.54, 1.807) is 11.8 Å². The Hall–Kier alpha value is -1.74. The van der Waals surface area contributed by atoms with Crippen LogP contribution in [0.25, 0.3) is 0 Å². The van der Waals surface area contributed by atoms with Gasteiger partial charge in [0.15, 0.2) is 0 Å². The average molecular weight is 268 g/mol. The summed E-state index contributed by atoms with van der Waals surface area (Å²) in [7, 11) is 0. The summed E-state index contributed by atoms with van der Waals surface area (Å²) in [4.78, 5) is 0. The summed E-state index contributed by atoms with van der Waals surface area (Å²) in [5, 5.41) is 5.73. The highest BCUT2D eigenvalue weighted by Crippen LogP contribution is 2.34. The van der Waals surface area contributed by atoms with E-state index in [0.717, 1.165) is 5.04 Å². The Morgan fingerprint density at radius 2 is 1.47 bits per heavy atom. The van der Waals surface area contributed by atoms with Gasteiger partial charge in [-0.05, 0) is 19.4 Å². The minimum absolute atomic E-state index is 0.219. The van der Waals surface area contributed by atoms with Crippen molar-refractivity contribution in [2.24, 2.45) is 5.10 Å². The van der Waals surface area contributed by atoms with Gasteiger partial charge in [0.1, 0.15) is 10.4 Å². The van der Waals surface area contributed by atoms with Crippen molar-refractivity contribution in [1.82, 2.24) is 5.43 Å². The van der Waals surface area contributed by atoms with E-state index in [9.17, 15) is 0 Å². The van der Waals surface area contributed by atoms with E-state index < -0.39 is 0 Å². The Balaban J connectivity index is 1.76. The molecule has 3 rings (SSSR count). The second-order valence-electron chi connectivity index (χ2n) is 4.82. The molecule has 0 aromatic heterocycles. The van der Waals surface area contributed by atoms with E-state index in [2.05, 4.69) is 72.9 Å². The summed E-state index contributed by atoms with van der Waals surface area (Å²) in [6.45, 7) is 4.20. The predicted molar refractivity (Wildman–Crippen MR) is 82.4 cm³/mol. The summed E-state index contributed by atoms with van der Waals surface area (Å²) >= 11 is 1.77. The summed E-state index contributed by atoms with van der Waals surface area (Å²) in [6, 6.07) is 17.1. The smallest absolute Gasteiger partial charge is 0.126 e. The van der Waals surface area contributed by atoms with Crippen molar-refractivity contribution in [2.75, 3.05) is 0 Å². The minimum atomic E-state index is 0.219. The lowest BCUT2D eigenvalue weighted by Crippen LogP contribution is -2.06. The topological polar surface area (TPSA) is 24.4 Å². The van der Waals surface area contributed by atoms with Crippen LogP contribution in [0, 0.1) is 13.8 Å². The molecule has 0 saturated heterocycles. The number of thioether (sulfide) groups is 1. The third kappa shape index (κ3) is 2.66. The molecule has 0 amide bonds. The zero-order chi connectivity index (χ0) is 13.2. The van der Waals surface area contributed by atoms with Crippen LogP contribution in [-0.2, 0) is 0 Å². The molecule has 1 atom stereocenters. The van der Waals surface area contributed by atoms with Gasteiger partial charge in [-0.3, -0.25) is 5.43 Å². The molecule has 1 aliphatic rings. The first-order valence-electron chi connectivity index (χ1n) is 6.36. The van der Waals surface area contributed by atoms with Gasteiger partial charge in [0, 0.05) is 5.56 Å². The highest BCUT2D eigenvalue weighted by Gasteiger charge is 2.21. The molecule has 1 N–H and O–H groups in total.